The van der Waals surface area contributed by atoms with Gasteiger partial charge in [0.2, 0.25) is 0 Å². The van der Waals surface area contributed by atoms with E-state index >= 15 is 0 Å². The summed E-state index contributed by atoms with van der Waals surface area (Å²) in [4.78, 5) is 0. The maximum absolute atomic E-state index is 6.88. The van der Waals surface area contributed by atoms with Gasteiger partial charge in [0.1, 0.15) is 0 Å². The molecule has 0 amide bonds. The Morgan fingerprint density at radius 2 is 1.80 bits per heavy atom. The number of rotatable bonds is 0. The Kier molecular flexibility index (Phi) is 101. The van der Waals surface area contributed by atoms with Crippen LogP contribution in [0.15, 0.2) is 0 Å². The standard InChI is InChI=1S/CHNO.CH2Se/c2-1-3;1-2/h3H;1H2. The molecule has 2 nitrogen and oxygen atoms in total. The molecule has 0 aromatic carbocycles. The predicted molar refractivity (Wildman–Crippen MR) is 20.4 cm³/mol. The third kappa shape index (κ3) is 101. The second-order valence-electron chi connectivity index (χ2n) is 0.100. The molecular weight excluding hydrogens is 133 g/mol. The van der Waals surface area contributed by atoms with Crippen molar-refractivity contribution in [1.29, 1.82) is 5.26 Å². The van der Waals surface area contributed by atoms with E-state index in [1.165, 1.54) is 0 Å². The minimum Gasteiger partial charge on any atom is -0.443 e. The monoisotopic (exact) mass is 137 g/mol. The zero-order valence-corrected chi connectivity index (χ0v) is 4.22. The van der Waals surface area contributed by atoms with E-state index < -0.39 is 0 Å². The average Bonchev–Trinajstić information content (AvgIpc) is 1.46. The molecule has 0 fully saturated rings. The van der Waals surface area contributed by atoms with Crippen molar-refractivity contribution in [3.8, 4) is 6.26 Å². The van der Waals surface area contributed by atoms with E-state index in [4.69, 9.17) is 10.4 Å². The van der Waals surface area contributed by atoms with Crippen LogP contribution < -0.4 is 0 Å². The van der Waals surface area contributed by atoms with Gasteiger partial charge in [-0.1, -0.05) is 0 Å². The maximum Gasteiger partial charge on any atom is 0.283 e. The molecule has 0 aliphatic rings. The van der Waals surface area contributed by atoms with Crippen LogP contribution in [0.25, 0.3) is 0 Å². The first-order valence-corrected chi connectivity index (χ1v) is 1.95. The Labute approximate surface area is 38.4 Å². The minimum absolute atomic E-state index is 0.750. The molecule has 0 rings (SSSR count). The van der Waals surface area contributed by atoms with Crippen molar-refractivity contribution in [3.05, 3.63) is 0 Å². The fourth-order valence-corrected chi connectivity index (χ4v) is 0. The van der Waals surface area contributed by atoms with E-state index in [0.717, 1.165) is 6.26 Å². The van der Waals surface area contributed by atoms with Crippen LogP contribution in [0.4, 0.5) is 0 Å². The van der Waals surface area contributed by atoms with E-state index in [-0.39, 0.29) is 0 Å². The molecule has 0 aromatic heterocycles. The van der Waals surface area contributed by atoms with Crippen molar-refractivity contribution in [2.24, 2.45) is 0 Å². The number of hydrogen-bond donors (Lipinski definition) is 1. The van der Waals surface area contributed by atoms with Gasteiger partial charge in [-0.3, -0.25) is 0 Å². The molecule has 1 N–H and O–H groups in total. The summed E-state index contributed by atoms with van der Waals surface area (Å²) < 4.78 is 0. The molecule has 0 aliphatic heterocycles. The summed E-state index contributed by atoms with van der Waals surface area (Å²) in [5, 5.41) is 13.8. The zero-order chi connectivity index (χ0) is 4.71. The molecule has 0 bridgehead atoms. The molecule has 3 heteroatoms. The van der Waals surface area contributed by atoms with Crippen LogP contribution in [0.3, 0.4) is 0 Å². The van der Waals surface area contributed by atoms with Crippen LogP contribution in [0.5, 0.6) is 0 Å². The largest absolute Gasteiger partial charge is 0.443 e. The van der Waals surface area contributed by atoms with Crippen molar-refractivity contribution < 1.29 is 5.11 Å². The Morgan fingerprint density at radius 1 is 1.80 bits per heavy atom. The van der Waals surface area contributed by atoms with E-state index in [1.54, 1.807) is 0 Å². The topological polar surface area (TPSA) is 44.0 Å². The molecule has 0 saturated heterocycles. The van der Waals surface area contributed by atoms with Gasteiger partial charge in [-0.2, -0.15) is 5.26 Å². The van der Waals surface area contributed by atoms with Gasteiger partial charge in [-0.15, -0.1) is 0 Å². The number of aliphatic hydroxyl groups is 1. The molecule has 0 aromatic rings. The normalized spacial score (nSPS) is 2.20. The van der Waals surface area contributed by atoms with Gasteiger partial charge in [-0.05, 0) is 0 Å². The van der Waals surface area contributed by atoms with Crippen molar-refractivity contribution in [1.82, 2.24) is 0 Å². The summed E-state index contributed by atoms with van der Waals surface area (Å²) in [6.45, 7) is 0. The smallest absolute Gasteiger partial charge is 0.283 e. The second-order valence-corrected chi connectivity index (χ2v) is 0.100. The fraction of sp³-hybridized carbons (Fsp3) is 0. The number of aliphatic hydroxyl groups excluding tert-OH is 1. The molecule has 0 spiro atoms. The van der Waals surface area contributed by atoms with E-state index in [1.807, 2.05) is 0 Å². The van der Waals surface area contributed by atoms with Gasteiger partial charge in [0, 0.05) is 0 Å². The number of nitriles is 1. The van der Waals surface area contributed by atoms with Crippen LogP contribution >= 0.6 is 0 Å². The first-order chi connectivity index (χ1) is 2.41. The third-order valence-corrected chi connectivity index (χ3v) is 0. The van der Waals surface area contributed by atoms with Crippen molar-refractivity contribution in [2.45, 2.75) is 0 Å². The molecule has 0 aliphatic carbocycles. The molecule has 0 heterocycles. The van der Waals surface area contributed by atoms with Crippen LogP contribution in [0.1, 0.15) is 0 Å². The van der Waals surface area contributed by atoms with Crippen molar-refractivity contribution >= 4 is 21.0 Å². The van der Waals surface area contributed by atoms with Crippen LogP contribution in [-0.2, 0) is 0 Å². The van der Waals surface area contributed by atoms with Gasteiger partial charge in [-0.25, -0.2) is 0 Å². The van der Waals surface area contributed by atoms with E-state index in [2.05, 4.69) is 21.0 Å². The first kappa shape index (κ1) is 8.82. The average molecular weight is 136 g/mol. The molecule has 0 radical (unpaired) electrons. The summed E-state index contributed by atoms with van der Waals surface area (Å²) in [6, 6.07) is 0. The molecule has 5 heavy (non-hydrogen) atoms. The minimum atomic E-state index is 0.750. The molecule has 0 atom stereocenters. The Hall–Kier alpha value is -0.321. The van der Waals surface area contributed by atoms with E-state index in [9.17, 15) is 0 Å². The summed E-state index contributed by atoms with van der Waals surface area (Å²) in [5.41, 5.74) is 3.12. The summed E-state index contributed by atoms with van der Waals surface area (Å²) in [7, 11) is 0. The Balaban J connectivity index is 0. The molecule has 0 unspecified atom stereocenters. The van der Waals surface area contributed by atoms with Crippen LogP contribution in [0, 0.1) is 11.5 Å². The van der Waals surface area contributed by atoms with Gasteiger partial charge in [0.05, 0.1) is 0 Å². The van der Waals surface area contributed by atoms with Gasteiger partial charge < -0.3 is 5.11 Å². The maximum atomic E-state index is 6.88. The van der Waals surface area contributed by atoms with Crippen molar-refractivity contribution in [3.63, 3.8) is 0 Å². The Morgan fingerprint density at radius 3 is 1.80 bits per heavy atom. The zero-order valence-electron chi connectivity index (χ0n) is 2.51. The summed E-state index contributed by atoms with van der Waals surface area (Å²) >= 11 is 2.38. The van der Waals surface area contributed by atoms with Crippen LogP contribution in [0.2, 0.25) is 0 Å². The predicted octanol–water partition coefficient (Wildman–Crippen LogP) is -0.573. The van der Waals surface area contributed by atoms with Crippen LogP contribution in [-0.4, -0.2) is 26.1 Å². The van der Waals surface area contributed by atoms with Crippen molar-refractivity contribution in [2.75, 3.05) is 0 Å². The van der Waals surface area contributed by atoms with Gasteiger partial charge in [0.25, 0.3) is 6.26 Å². The molecular formula is C2H3NOSe. The summed E-state index contributed by atoms with van der Waals surface area (Å²) in [6.07, 6.45) is 0.750. The second kappa shape index (κ2) is 57.2. The van der Waals surface area contributed by atoms with Gasteiger partial charge in [0.15, 0.2) is 0 Å². The first-order valence-electron chi connectivity index (χ1n) is 0.736. The Bertz CT molecular complexity index is 39.4. The quantitative estimate of drug-likeness (QED) is 0.358. The van der Waals surface area contributed by atoms with E-state index in [0.29, 0.717) is 0 Å². The molecule has 28 valence electrons. The molecule has 0 saturated carbocycles. The third-order valence-electron chi connectivity index (χ3n) is 0. The number of hydrogen-bond acceptors (Lipinski definition) is 2. The number of nitrogens with zero attached hydrogens (tertiary/aromatic N) is 1. The van der Waals surface area contributed by atoms with Gasteiger partial charge >= 0.3 is 21.0 Å². The summed E-state index contributed by atoms with van der Waals surface area (Å²) in [5.74, 6) is 0. The SMILES string of the molecule is C=[Se].N#CO. The fourth-order valence-electron chi connectivity index (χ4n) is 0.